The number of aromatic nitrogens is 4. The van der Waals surface area contributed by atoms with Crippen molar-refractivity contribution in [1.82, 2.24) is 19.6 Å². The van der Waals surface area contributed by atoms with Crippen molar-refractivity contribution < 1.29 is 9.18 Å². The van der Waals surface area contributed by atoms with E-state index in [1.54, 1.807) is 17.0 Å². The molecule has 1 N–H and O–H groups in total. The van der Waals surface area contributed by atoms with Crippen molar-refractivity contribution in [3.63, 3.8) is 0 Å². The Kier molecular flexibility index (Phi) is 4.78. The molecule has 4 aromatic rings. The molecule has 1 amide bonds. The van der Waals surface area contributed by atoms with Crippen LogP contribution in [0.15, 0.2) is 35.1 Å². The lowest BCUT2D eigenvalue weighted by atomic mass is 9.85. The highest BCUT2D eigenvalue weighted by atomic mass is 35.5. The Labute approximate surface area is 188 Å². The summed E-state index contributed by atoms with van der Waals surface area (Å²) in [7, 11) is 0. The lowest BCUT2D eigenvalue weighted by Gasteiger charge is -2.24. The number of H-pyrrole nitrogens is 1. The predicted octanol–water partition coefficient (Wildman–Crippen LogP) is 3.91. The van der Waals surface area contributed by atoms with Crippen LogP contribution >= 0.6 is 12.4 Å². The number of amides is 1. The van der Waals surface area contributed by atoms with Crippen LogP contribution in [0.3, 0.4) is 0 Å². The van der Waals surface area contributed by atoms with Crippen LogP contribution in [0.4, 0.5) is 10.1 Å². The number of benzene rings is 2. The molecule has 9 heteroatoms. The summed E-state index contributed by atoms with van der Waals surface area (Å²) in [6, 6.07) is 8.16. The number of rotatable bonds is 2. The third kappa shape index (κ3) is 2.93. The molecule has 0 saturated heterocycles. The fourth-order valence-electron chi connectivity index (χ4n) is 4.72. The molecule has 7 nitrogen and oxygen atoms in total. The Morgan fingerprint density at radius 2 is 2.00 bits per heavy atom. The van der Waals surface area contributed by atoms with Gasteiger partial charge >= 0.3 is 0 Å². The van der Waals surface area contributed by atoms with Crippen LogP contribution in [0.1, 0.15) is 52.5 Å². The molecule has 164 valence electrons. The zero-order valence-electron chi connectivity index (χ0n) is 17.4. The first-order chi connectivity index (χ1) is 15.0. The minimum Gasteiger partial charge on any atom is -0.317 e. The molecule has 0 bridgehead atoms. The second-order valence-corrected chi connectivity index (χ2v) is 8.46. The highest BCUT2D eigenvalue weighted by Crippen LogP contribution is 2.36. The van der Waals surface area contributed by atoms with Gasteiger partial charge in [-0.25, -0.2) is 4.39 Å². The van der Waals surface area contributed by atoms with Gasteiger partial charge in [-0.3, -0.25) is 14.0 Å². The molecule has 2 aromatic carbocycles. The minimum atomic E-state index is -0.324. The summed E-state index contributed by atoms with van der Waals surface area (Å²) in [5.74, 6) is 0.663. The summed E-state index contributed by atoms with van der Waals surface area (Å²) in [6.07, 6.45) is 3.85. The average molecular weight is 454 g/mol. The normalized spacial score (nSPS) is 15.6. The van der Waals surface area contributed by atoms with Crippen molar-refractivity contribution in [2.45, 2.75) is 38.5 Å². The van der Waals surface area contributed by atoms with Crippen LogP contribution < -0.4 is 10.5 Å². The van der Waals surface area contributed by atoms with E-state index >= 15 is 0 Å². The summed E-state index contributed by atoms with van der Waals surface area (Å²) in [5.41, 5.74) is 4.20. The van der Waals surface area contributed by atoms with Crippen LogP contribution in [0.25, 0.3) is 16.7 Å². The Morgan fingerprint density at radius 1 is 1.19 bits per heavy atom. The first kappa shape index (κ1) is 20.6. The van der Waals surface area contributed by atoms with E-state index in [2.05, 4.69) is 15.2 Å². The van der Waals surface area contributed by atoms with E-state index in [1.807, 2.05) is 17.4 Å². The lowest BCUT2D eigenvalue weighted by molar-refractivity contribution is 0.0989. The molecule has 3 heterocycles. The van der Waals surface area contributed by atoms with Crippen molar-refractivity contribution >= 4 is 40.7 Å². The molecule has 2 aliphatic rings. The molecule has 0 radical (unpaired) electrons. The van der Waals surface area contributed by atoms with Gasteiger partial charge in [0.25, 0.3) is 11.5 Å². The molecule has 6 rings (SSSR count). The quantitative estimate of drug-likeness (QED) is 0.498. The van der Waals surface area contributed by atoms with Crippen molar-refractivity contribution in [3.8, 4) is 0 Å². The van der Waals surface area contributed by atoms with Crippen molar-refractivity contribution in [1.29, 1.82) is 0 Å². The summed E-state index contributed by atoms with van der Waals surface area (Å²) in [6.45, 7) is 2.39. The van der Waals surface area contributed by atoms with Gasteiger partial charge in [0.2, 0.25) is 5.65 Å². The monoisotopic (exact) mass is 453 g/mol. The number of hydrogen-bond acceptors (Lipinski definition) is 4. The van der Waals surface area contributed by atoms with Gasteiger partial charge in [-0.1, -0.05) is 6.42 Å². The van der Waals surface area contributed by atoms with Crippen molar-refractivity contribution in [2.75, 3.05) is 11.4 Å². The Balaban J connectivity index is 0.00000216. The summed E-state index contributed by atoms with van der Waals surface area (Å²) >= 11 is 0. The molecule has 1 saturated carbocycles. The molecule has 1 aliphatic carbocycles. The Bertz CT molecular complexity index is 1460. The van der Waals surface area contributed by atoms with Gasteiger partial charge in [-0.15, -0.1) is 22.6 Å². The van der Waals surface area contributed by atoms with Crippen molar-refractivity contribution in [3.05, 3.63) is 69.0 Å². The highest BCUT2D eigenvalue weighted by Gasteiger charge is 2.29. The SMILES string of the molecule is Cc1cc2c(cc1C(=O)N1CCc3cc(F)ccc31)[nH]c(=O)c1nnc(C3CCC3)n12.Cl. The zero-order chi connectivity index (χ0) is 21.3. The maximum atomic E-state index is 13.6. The maximum absolute atomic E-state index is 13.6. The molecule has 32 heavy (non-hydrogen) atoms. The number of fused-ring (bicyclic) bond motifs is 4. The van der Waals surface area contributed by atoms with Crippen LogP contribution in [-0.2, 0) is 6.42 Å². The van der Waals surface area contributed by atoms with Crippen LogP contribution in [0.2, 0.25) is 0 Å². The average Bonchev–Trinajstić information content (AvgIpc) is 3.31. The molecule has 0 atom stereocenters. The van der Waals surface area contributed by atoms with Gasteiger partial charge in [-0.2, -0.15) is 0 Å². The zero-order valence-corrected chi connectivity index (χ0v) is 18.2. The fourth-order valence-corrected chi connectivity index (χ4v) is 4.72. The topological polar surface area (TPSA) is 83.4 Å². The molecule has 1 fully saturated rings. The van der Waals surface area contributed by atoms with E-state index < -0.39 is 0 Å². The van der Waals surface area contributed by atoms with Gasteiger partial charge < -0.3 is 9.88 Å². The standard InChI is InChI=1S/C23H20FN5O2.ClH/c1-12-9-19-17(25-22(30)21-27-26-20(29(19)21)13-3-2-4-13)11-16(12)23(31)28-8-7-14-10-15(24)5-6-18(14)28;/h5-6,9-11,13H,2-4,7-8H2,1H3,(H,25,30);1H. The Hall–Kier alpha value is -3.26. The number of anilines is 1. The van der Waals surface area contributed by atoms with Gasteiger partial charge in [0.05, 0.1) is 11.0 Å². The van der Waals surface area contributed by atoms with Crippen molar-refractivity contribution in [2.24, 2.45) is 0 Å². The Morgan fingerprint density at radius 3 is 2.75 bits per heavy atom. The summed E-state index contributed by atoms with van der Waals surface area (Å²) in [4.78, 5) is 30.6. The number of nitrogens with one attached hydrogen (secondary N) is 1. The van der Waals surface area contributed by atoms with Crippen LogP contribution in [-0.4, -0.2) is 32.0 Å². The molecular formula is C23H21ClFN5O2. The van der Waals surface area contributed by atoms with E-state index in [9.17, 15) is 14.0 Å². The number of carbonyl (C=O) groups excluding carboxylic acids is 1. The molecular weight excluding hydrogens is 433 g/mol. The third-order valence-corrected chi connectivity index (χ3v) is 6.61. The third-order valence-electron chi connectivity index (χ3n) is 6.61. The number of aromatic amines is 1. The second-order valence-electron chi connectivity index (χ2n) is 8.46. The minimum absolute atomic E-state index is 0. The van der Waals surface area contributed by atoms with Crippen LogP contribution in [0.5, 0.6) is 0 Å². The largest absolute Gasteiger partial charge is 0.317 e. The lowest BCUT2D eigenvalue weighted by Crippen LogP contribution is -2.29. The van der Waals surface area contributed by atoms with E-state index in [0.717, 1.165) is 47.4 Å². The molecule has 0 spiro atoms. The number of carbonyl (C=O) groups is 1. The van der Waals surface area contributed by atoms with E-state index in [1.165, 1.54) is 12.1 Å². The first-order valence-electron chi connectivity index (χ1n) is 10.5. The maximum Gasteiger partial charge on any atom is 0.294 e. The fraction of sp³-hybridized carbons (Fsp3) is 0.304. The number of aryl methyl sites for hydroxylation is 1. The predicted molar refractivity (Wildman–Crippen MR) is 121 cm³/mol. The van der Waals surface area contributed by atoms with Gasteiger partial charge in [-0.05, 0) is 67.6 Å². The van der Waals surface area contributed by atoms with Gasteiger partial charge in [0.1, 0.15) is 11.6 Å². The smallest absolute Gasteiger partial charge is 0.294 e. The highest BCUT2D eigenvalue weighted by molar-refractivity contribution is 6.09. The summed E-state index contributed by atoms with van der Waals surface area (Å²) in [5, 5.41) is 8.41. The molecule has 1 aliphatic heterocycles. The molecule has 0 unspecified atom stereocenters. The van der Waals surface area contributed by atoms with E-state index in [-0.39, 0.29) is 35.3 Å². The van der Waals surface area contributed by atoms with Gasteiger partial charge in [0.15, 0.2) is 0 Å². The number of nitrogens with zero attached hydrogens (tertiary/aromatic N) is 4. The van der Waals surface area contributed by atoms with E-state index in [4.69, 9.17) is 0 Å². The molecule has 2 aromatic heterocycles. The second kappa shape index (κ2) is 7.41. The first-order valence-corrected chi connectivity index (χ1v) is 10.5. The van der Waals surface area contributed by atoms with E-state index in [0.29, 0.717) is 30.0 Å². The van der Waals surface area contributed by atoms with Crippen LogP contribution in [0, 0.1) is 12.7 Å². The van der Waals surface area contributed by atoms with Gasteiger partial charge in [0, 0.05) is 23.7 Å². The summed E-state index contributed by atoms with van der Waals surface area (Å²) < 4.78 is 15.4. The number of hydrogen-bond donors (Lipinski definition) is 1. The number of halogens is 2.